The maximum atomic E-state index is 12.7. The van der Waals surface area contributed by atoms with Gasteiger partial charge in [0.15, 0.2) is 11.6 Å². The number of benzene rings is 1. The third-order valence-corrected chi connectivity index (χ3v) is 6.58. The van der Waals surface area contributed by atoms with E-state index in [9.17, 15) is 8.42 Å². The molecule has 1 aliphatic heterocycles. The zero-order chi connectivity index (χ0) is 20.1. The van der Waals surface area contributed by atoms with Gasteiger partial charge in [0.25, 0.3) is 0 Å². The number of anilines is 3. The van der Waals surface area contributed by atoms with Gasteiger partial charge in [0, 0.05) is 32.4 Å². The smallest absolute Gasteiger partial charge is 0.218 e. The summed E-state index contributed by atoms with van der Waals surface area (Å²) in [6, 6.07) is 16.8. The molecule has 3 aromatic rings. The SMILES string of the molecule is O=S(=O)(Cc1ccccc1)N1CCN(c2ccc(Nc3cccnc3)nn2)CC1. The molecule has 0 atom stereocenters. The second-order valence-electron chi connectivity index (χ2n) is 6.77. The molecule has 1 aliphatic rings. The van der Waals surface area contributed by atoms with E-state index in [2.05, 4.69) is 25.4 Å². The summed E-state index contributed by atoms with van der Waals surface area (Å²) in [6.45, 7) is 2.04. The first-order chi connectivity index (χ1) is 14.1. The van der Waals surface area contributed by atoms with Crippen LogP contribution in [0.3, 0.4) is 0 Å². The summed E-state index contributed by atoms with van der Waals surface area (Å²) in [6.07, 6.45) is 3.42. The maximum Gasteiger partial charge on any atom is 0.218 e. The lowest BCUT2D eigenvalue weighted by atomic mass is 10.2. The summed E-state index contributed by atoms with van der Waals surface area (Å²) >= 11 is 0. The fraction of sp³-hybridized carbons (Fsp3) is 0.250. The quantitative estimate of drug-likeness (QED) is 0.666. The van der Waals surface area contributed by atoms with Crippen LogP contribution in [0.1, 0.15) is 5.56 Å². The topological polar surface area (TPSA) is 91.3 Å². The Kier molecular flexibility index (Phi) is 5.68. The van der Waals surface area contributed by atoms with Crippen molar-refractivity contribution in [2.75, 3.05) is 36.4 Å². The van der Waals surface area contributed by atoms with Crippen molar-refractivity contribution >= 4 is 27.3 Å². The molecule has 0 bridgehead atoms. The summed E-state index contributed by atoms with van der Waals surface area (Å²) in [5.41, 5.74) is 1.64. The fourth-order valence-corrected chi connectivity index (χ4v) is 4.73. The Balaban J connectivity index is 1.34. The Labute approximate surface area is 170 Å². The van der Waals surface area contributed by atoms with Gasteiger partial charge in [-0.05, 0) is 29.8 Å². The van der Waals surface area contributed by atoms with Crippen LogP contribution in [0, 0.1) is 0 Å². The van der Waals surface area contributed by atoms with Gasteiger partial charge < -0.3 is 10.2 Å². The Hall–Kier alpha value is -3.04. The van der Waals surface area contributed by atoms with Crippen LogP contribution in [-0.4, -0.2) is 54.1 Å². The van der Waals surface area contributed by atoms with E-state index < -0.39 is 10.0 Å². The minimum Gasteiger partial charge on any atom is -0.352 e. The number of pyridine rings is 1. The number of piperazine rings is 1. The molecule has 4 rings (SSSR count). The molecule has 0 radical (unpaired) electrons. The van der Waals surface area contributed by atoms with E-state index >= 15 is 0 Å². The summed E-state index contributed by atoms with van der Waals surface area (Å²) in [7, 11) is -3.33. The van der Waals surface area contributed by atoms with Crippen LogP contribution in [-0.2, 0) is 15.8 Å². The molecule has 8 nitrogen and oxygen atoms in total. The molecule has 1 fully saturated rings. The molecular weight excluding hydrogens is 388 g/mol. The fourth-order valence-electron chi connectivity index (χ4n) is 3.22. The summed E-state index contributed by atoms with van der Waals surface area (Å²) in [5.74, 6) is 1.40. The second kappa shape index (κ2) is 8.54. The largest absolute Gasteiger partial charge is 0.352 e. The zero-order valence-corrected chi connectivity index (χ0v) is 16.7. The molecule has 3 heterocycles. The van der Waals surface area contributed by atoms with Gasteiger partial charge in [-0.25, -0.2) is 8.42 Å². The zero-order valence-electron chi connectivity index (χ0n) is 15.8. The molecule has 1 aromatic carbocycles. The van der Waals surface area contributed by atoms with Crippen LogP contribution in [0.5, 0.6) is 0 Å². The van der Waals surface area contributed by atoms with Crippen molar-refractivity contribution in [1.29, 1.82) is 0 Å². The van der Waals surface area contributed by atoms with E-state index in [-0.39, 0.29) is 5.75 Å². The molecule has 29 heavy (non-hydrogen) atoms. The van der Waals surface area contributed by atoms with Gasteiger partial charge in [-0.15, -0.1) is 10.2 Å². The van der Waals surface area contributed by atoms with Crippen molar-refractivity contribution in [2.45, 2.75) is 5.75 Å². The number of rotatable bonds is 6. The highest BCUT2D eigenvalue weighted by Crippen LogP contribution is 2.19. The second-order valence-corrected chi connectivity index (χ2v) is 8.74. The van der Waals surface area contributed by atoms with Crippen molar-refractivity contribution in [3.8, 4) is 0 Å². The summed E-state index contributed by atoms with van der Waals surface area (Å²) in [4.78, 5) is 6.10. The number of nitrogens with one attached hydrogen (secondary N) is 1. The molecule has 1 N–H and O–H groups in total. The predicted octanol–water partition coefficient (Wildman–Crippen LogP) is 2.27. The molecule has 9 heteroatoms. The number of nitrogens with zero attached hydrogens (tertiary/aromatic N) is 5. The van der Waals surface area contributed by atoms with Gasteiger partial charge in [-0.1, -0.05) is 30.3 Å². The number of hydrogen-bond acceptors (Lipinski definition) is 7. The Bertz CT molecular complexity index is 1020. The molecular formula is C20H22N6O2S. The normalized spacial score (nSPS) is 15.2. The van der Waals surface area contributed by atoms with Crippen LogP contribution in [0.25, 0.3) is 0 Å². The van der Waals surface area contributed by atoms with Gasteiger partial charge in [-0.2, -0.15) is 4.31 Å². The molecule has 150 valence electrons. The monoisotopic (exact) mass is 410 g/mol. The molecule has 0 saturated carbocycles. The van der Waals surface area contributed by atoms with E-state index in [4.69, 9.17) is 0 Å². The maximum absolute atomic E-state index is 12.7. The third-order valence-electron chi connectivity index (χ3n) is 4.73. The van der Waals surface area contributed by atoms with Crippen LogP contribution in [0.15, 0.2) is 67.0 Å². The summed E-state index contributed by atoms with van der Waals surface area (Å²) < 4.78 is 26.9. The van der Waals surface area contributed by atoms with Crippen molar-refractivity contribution in [3.05, 3.63) is 72.6 Å². The van der Waals surface area contributed by atoms with E-state index in [0.29, 0.717) is 32.0 Å². The molecule has 2 aromatic heterocycles. The van der Waals surface area contributed by atoms with Crippen LogP contribution >= 0.6 is 0 Å². The lowest BCUT2D eigenvalue weighted by molar-refractivity contribution is 0.383. The van der Waals surface area contributed by atoms with Crippen molar-refractivity contribution in [1.82, 2.24) is 19.5 Å². The first-order valence-corrected chi connectivity index (χ1v) is 11.0. The predicted molar refractivity (Wildman–Crippen MR) is 112 cm³/mol. The summed E-state index contributed by atoms with van der Waals surface area (Å²) in [5, 5.41) is 11.6. The average Bonchev–Trinajstić information content (AvgIpc) is 2.76. The van der Waals surface area contributed by atoms with Crippen LogP contribution in [0.4, 0.5) is 17.3 Å². The van der Waals surface area contributed by atoms with Crippen molar-refractivity contribution in [3.63, 3.8) is 0 Å². The number of sulfonamides is 1. The number of aromatic nitrogens is 3. The number of hydrogen-bond donors (Lipinski definition) is 1. The Morgan fingerprint density at radius 1 is 0.897 bits per heavy atom. The molecule has 0 spiro atoms. The molecule has 0 amide bonds. The lowest BCUT2D eigenvalue weighted by Gasteiger charge is -2.34. The van der Waals surface area contributed by atoms with E-state index in [0.717, 1.165) is 17.1 Å². The average molecular weight is 411 g/mol. The molecule has 0 unspecified atom stereocenters. The lowest BCUT2D eigenvalue weighted by Crippen LogP contribution is -2.49. The highest BCUT2D eigenvalue weighted by molar-refractivity contribution is 7.88. The third kappa shape index (κ3) is 4.87. The van der Waals surface area contributed by atoms with Crippen LogP contribution in [0.2, 0.25) is 0 Å². The van der Waals surface area contributed by atoms with Crippen LogP contribution < -0.4 is 10.2 Å². The molecule has 1 saturated heterocycles. The first kappa shape index (κ1) is 19.3. The van der Waals surface area contributed by atoms with E-state index in [1.165, 1.54) is 0 Å². The standard InChI is InChI=1S/C20H22N6O2S/c27-29(28,16-17-5-2-1-3-6-17)26-13-11-25(12-14-26)20-9-8-19(23-24-20)22-18-7-4-10-21-15-18/h1-10,15H,11-14,16H2,(H,22,23). The van der Waals surface area contributed by atoms with E-state index in [1.54, 1.807) is 16.7 Å². The van der Waals surface area contributed by atoms with Gasteiger partial charge >= 0.3 is 0 Å². The van der Waals surface area contributed by atoms with Gasteiger partial charge in [0.1, 0.15) is 0 Å². The van der Waals surface area contributed by atoms with Crippen molar-refractivity contribution in [2.24, 2.45) is 0 Å². The minimum absolute atomic E-state index is 0.0301. The minimum atomic E-state index is -3.33. The van der Waals surface area contributed by atoms with Crippen molar-refractivity contribution < 1.29 is 8.42 Å². The highest BCUT2D eigenvalue weighted by atomic mass is 32.2. The van der Waals surface area contributed by atoms with Gasteiger partial charge in [0.2, 0.25) is 10.0 Å². The Morgan fingerprint density at radius 3 is 2.34 bits per heavy atom. The first-order valence-electron chi connectivity index (χ1n) is 9.38. The van der Waals surface area contributed by atoms with Gasteiger partial charge in [0.05, 0.1) is 17.6 Å². The van der Waals surface area contributed by atoms with E-state index in [1.807, 2.05) is 54.6 Å². The molecule has 0 aliphatic carbocycles. The highest BCUT2D eigenvalue weighted by Gasteiger charge is 2.27. The Morgan fingerprint density at radius 2 is 1.69 bits per heavy atom. The van der Waals surface area contributed by atoms with Gasteiger partial charge in [-0.3, -0.25) is 4.98 Å².